The van der Waals surface area contributed by atoms with Crippen LogP contribution in [0.15, 0.2) is 6.07 Å². The van der Waals surface area contributed by atoms with Gasteiger partial charge in [-0.15, -0.1) is 11.3 Å². The van der Waals surface area contributed by atoms with Crippen molar-refractivity contribution < 1.29 is 4.79 Å². The predicted octanol–water partition coefficient (Wildman–Crippen LogP) is 2.85. The number of rotatable bonds is 3. The predicted molar refractivity (Wildman–Crippen MR) is 85.7 cm³/mol. The summed E-state index contributed by atoms with van der Waals surface area (Å²) in [6.45, 7) is 0.844. The highest BCUT2D eigenvalue weighted by atomic mass is 32.1. The van der Waals surface area contributed by atoms with Gasteiger partial charge >= 0.3 is 0 Å². The highest BCUT2D eigenvalue weighted by Crippen LogP contribution is 2.37. The second-order valence-electron chi connectivity index (χ2n) is 6.27. The summed E-state index contributed by atoms with van der Waals surface area (Å²) in [6.07, 6.45) is 5.80. The van der Waals surface area contributed by atoms with Crippen molar-refractivity contribution in [3.05, 3.63) is 22.2 Å². The fraction of sp³-hybridized carbons (Fsp3) is 0.500. The van der Waals surface area contributed by atoms with Crippen molar-refractivity contribution in [2.45, 2.75) is 32.1 Å². The molecule has 0 atom stereocenters. The van der Waals surface area contributed by atoms with Gasteiger partial charge in [-0.05, 0) is 49.7 Å². The third-order valence-corrected chi connectivity index (χ3v) is 5.62. The third-order valence-electron chi connectivity index (χ3n) is 4.52. The zero-order valence-corrected chi connectivity index (χ0v) is 13.0. The number of nitrogens with two attached hydrogens (primary N) is 1. The topological polar surface area (TPSA) is 59.2 Å². The molecule has 2 heterocycles. The molecule has 0 bridgehead atoms. The number of carbonyl (C=O) groups is 1. The summed E-state index contributed by atoms with van der Waals surface area (Å²) in [4.78, 5) is 20.7. The van der Waals surface area contributed by atoms with E-state index in [1.54, 1.807) is 0 Å². The quantitative estimate of drug-likeness (QED) is 0.948. The van der Waals surface area contributed by atoms with E-state index in [1.165, 1.54) is 41.9 Å². The SMILES string of the molecule is CN(CC1CC1)C(=O)c1sc2nc3c(cc2c1N)CCC3. The number of pyridine rings is 1. The van der Waals surface area contributed by atoms with Crippen LogP contribution in [0.4, 0.5) is 5.69 Å². The van der Waals surface area contributed by atoms with E-state index in [0.29, 0.717) is 16.5 Å². The molecule has 0 radical (unpaired) electrons. The molecular formula is C16H19N3OS. The highest BCUT2D eigenvalue weighted by Gasteiger charge is 2.28. The average molecular weight is 301 g/mol. The van der Waals surface area contributed by atoms with E-state index in [1.807, 2.05) is 11.9 Å². The number of amides is 1. The number of nitrogen functional groups attached to an aromatic ring is 1. The van der Waals surface area contributed by atoms with Gasteiger partial charge in [-0.3, -0.25) is 4.79 Å². The van der Waals surface area contributed by atoms with Gasteiger partial charge in [-0.1, -0.05) is 0 Å². The van der Waals surface area contributed by atoms with Gasteiger partial charge in [0.25, 0.3) is 5.91 Å². The number of thiophene rings is 1. The van der Waals surface area contributed by atoms with Gasteiger partial charge in [-0.25, -0.2) is 4.98 Å². The van der Waals surface area contributed by atoms with Crippen LogP contribution in [0.25, 0.3) is 10.2 Å². The van der Waals surface area contributed by atoms with Crippen LogP contribution in [0.3, 0.4) is 0 Å². The molecule has 0 saturated heterocycles. The van der Waals surface area contributed by atoms with E-state index in [-0.39, 0.29) is 5.91 Å². The first-order chi connectivity index (χ1) is 10.1. The lowest BCUT2D eigenvalue weighted by Gasteiger charge is -2.15. The maximum absolute atomic E-state index is 12.6. The number of fused-ring (bicyclic) bond motifs is 2. The average Bonchev–Trinajstić information content (AvgIpc) is 3.07. The largest absolute Gasteiger partial charge is 0.397 e. The summed E-state index contributed by atoms with van der Waals surface area (Å²) < 4.78 is 0. The van der Waals surface area contributed by atoms with Gasteiger partial charge in [0, 0.05) is 24.7 Å². The van der Waals surface area contributed by atoms with E-state index in [2.05, 4.69) is 6.07 Å². The zero-order chi connectivity index (χ0) is 14.6. The molecule has 21 heavy (non-hydrogen) atoms. The van der Waals surface area contributed by atoms with Crippen molar-refractivity contribution in [3.8, 4) is 0 Å². The number of hydrogen-bond donors (Lipinski definition) is 1. The monoisotopic (exact) mass is 301 g/mol. The number of nitrogens with zero attached hydrogens (tertiary/aromatic N) is 2. The van der Waals surface area contributed by atoms with Crippen molar-refractivity contribution in [2.24, 2.45) is 5.92 Å². The Morgan fingerprint density at radius 3 is 3.05 bits per heavy atom. The minimum atomic E-state index is 0.0440. The van der Waals surface area contributed by atoms with E-state index >= 15 is 0 Å². The van der Waals surface area contributed by atoms with E-state index in [4.69, 9.17) is 10.7 Å². The minimum Gasteiger partial charge on any atom is -0.397 e. The maximum atomic E-state index is 12.6. The molecule has 5 heteroatoms. The molecule has 2 aromatic heterocycles. The van der Waals surface area contributed by atoms with Crippen molar-refractivity contribution in [1.29, 1.82) is 0 Å². The minimum absolute atomic E-state index is 0.0440. The zero-order valence-electron chi connectivity index (χ0n) is 12.2. The molecule has 2 N–H and O–H groups in total. The van der Waals surface area contributed by atoms with Gasteiger partial charge in [0.2, 0.25) is 0 Å². The van der Waals surface area contributed by atoms with Crippen molar-refractivity contribution >= 4 is 33.1 Å². The van der Waals surface area contributed by atoms with Crippen molar-refractivity contribution in [3.63, 3.8) is 0 Å². The maximum Gasteiger partial charge on any atom is 0.265 e. The van der Waals surface area contributed by atoms with Crippen LogP contribution in [0.1, 0.15) is 40.2 Å². The van der Waals surface area contributed by atoms with Crippen LogP contribution in [0, 0.1) is 5.92 Å². The first-order valence-corrected chi connectivity index (χ1v) is 8.41. The van der Waals surface area contributed by atoms with Crippen LogP contribution in [-0.4, -0.2) is 29.4 Å². The number of anilines is 1. The summed E-state index contributed by atoms with van der Waals surface area (Å²) in [5.74, 6) is 0.735. The molecule has 1 fully saturated rings. The molecule has 2 aliphatic rings. The molecule has 0 aromatic carbocycles. The van der Waals surface area contributed by atoms with Crippen molar-refractivity contribution in [1.82, 2.24) is 9.88 Å². The molecule has 0 unspecified atom stereocenters. The second kappa shape index (κ2) is 4.70. The summed E-state index contributed by atoms with van der Waals surface area (Å²) in [5.41, 5.74) is 9.35. The van der Waals surface area contributed by atoms with E-state index < -0.39 is 0 Å². The number of carbonyl (C=O) groups excluding carboxylic acids is 1. The van der Waals surface area contributed by atoms with Crippen LogP contribution in [0.2, 0.25) is 0 Å². The molecule has 0 spiro atoms. The first-order valence-electron chi connectivity index (χ1n) is 7.59. The Morgan fingerprint density at radius 2 is 2.29 bits per heavy atom. The van der Waals surface area contributed by atoms with Gasteiger partial charge in [0.1, 0.15) is 9.71 Å². The Balaban J connectivity index is 1.71. The Hall–Kier alpha value is -1.62. The first kappa shape index (κ1) is 13.1. The molecule has 4 nitrogen and oxygen atoms in total. The van der Waals surface area contributed by atoms with E-state index in [0.717, 1.165) is 29.6 Å². The summed E-state index contributed by atoms with van der Waals surface area (Å²) in [7, 11) is 1.87. The lowest BCUT2D eigenvalue weighted by molar-refractivity contribution is 0.0794. The van der Waals surface area contributed by atoms with Crippen molar-refractivity contribution in [2.75, 3.05) is 19.3 Å². The lowest BCUT2D eigenvalue weighted by atomic mass is 10.1. The smallest absolute Gasteiger partial charge is 0.265 e. The number of hydrogen-bond acceptors (Lipinski definition) is 4. The van der Waals surface area contributed by atoms with Gasteiger partial charge in [-0.2, -0.15) is 0 Å². The standard InChI is InChI=1S/C16H19N3OS/c1-19(8-9-5-6-9)16(20)14-13(17)11-7-10-3-2-4-12(10)18-15(11)21-14/h7,9H,2-6,8,17H2,1H3. The lowest BCUT2D eigenvalue weighted by Crippen LogP contribution is -2.28. The normalized spacial score (nSPS) is 17.2. The molecule has 0 aliphatic heterocycles. The Morgan fingerprint density at radius 1 is 1.48 bits per heavy atom. The van der Waals surface area contributed by atoms with Gasteiger partial charge in [0.15, 0.2) is 0 Å². The van der Waals surface area contributed by atoms with Gasteiger partial charge in [0.05, 0.1) is 5.69 Å². The summed E-state index contributed by atoms with van der Waals surface area (Å²) in [5, 5.41) is 0.962. The Kier molecular flexibility index (Phi) is 2.92. The molecule has 2 aromatic rings. The number of aromatic nitrogens is 1. The molecule has 110 valence electrons. The fourth-order valence-electron chi connectivity index (χ4n) is 3.10. The van der Waals surface area contributed by atoms with Gasteiger partial charge < -0.3 is 10.6 Å². The molecule has 4 rings (SSSR count). The Labute approximate surface area is 128 Å². The third kappa shape index (κ3) is 2.20. The highest BCUT2D eigenvalue weighted by molar-refractivity contribution is 7.21. The van der Waals surface area contributed by atoms with Crippen LogP contribution in [0.5, 0.6) is 0 Å². The summed E-state index contributed by atoms with van der Waals surface area (Å²) in [6, 6.07) is 2.15. The molecule has 1 saturated carbocycles. The molecular weight excluding hydrogens is 282 g/mol. The second-order valence-corrected chi connectivity index (χ2v) is 7.27. The van der Waals surface area contributed by atoms with Crippen LogP contribution < -0.4 is 5.73 Å². The molecule has 2 aliphatic carbocycles. The molecule has 1 amide bonds. The Bertz CT molecular complexity index is 733. The number of aryl methyl sites for hydroxylation is 2. The fourth-order valence-corrected chi connectivity index (χ4v) is 4.19. The van der Waals surface area contributed by atoms with Crippen LogP contribution in [-0.2, 0) is 12.8 Å². The summed E-state index contributed by atoms with van der Waals surface area (Å²) >= 11 is 1.45. The van der Waals surface area contributed by atoms with Crippen LogP contribution >= 0.6 is 11.3 Å². The van der Waals surface area contributed by atoms with E-state index in [9.17, 15) is 4.79 Å².